The van der Waals surface area contributed by atoms with E-state index in [1.165, 1.54) is 19.1 Å². The van der Waals surface area contributed by atoms with Crippen LogP contribution in [0.15, 0.2) is 51.8 Å². The molecule has 0 bridgehead atoms. The van der Waals surface area contributed by atoms with Crippen LogP contribution in [-0.2, 0) is 14.6 Å². The Balaban J connectivity index is 1.43. The van der Waals surface area contributed by atoms with Gasteiger partial charge in [-0.15, -0.1) is 0 Å². The first kappa shape index (κ1) is 20.8. The van der Waals surface area contributed by atoms with E-state index in [0.29, 0.717) is 47.9 Å². The third-order valence-electron chi connectivity index (χ3n) is 5.48. The van der Waals surface area contributed by atoms with Crippen molar-refractivity contribution in [3.63, 3.8) is 0 Å². The molecule has 1 unspecified atom stereocenters. The molecular weight excluding hydrogens is 431 g/mol. The summed E-state index contributed by atoms with van der Waals surface area (Å²) in [5, 5.41) is -0.662. The molecule has 9 heteroatoms. The van der Waals surface area contributed by atoms with E-state index in [9.17, 15) is 17.6 Å². The summed E-state index contributed by atoms with van der Waals surface area (Å²) in [7, 11) is -3.89. The molecule has 1 fully saturated rings. The number of rotatable bonds is 4. The molecule has 1 amide bonds. The van der Waals surface area contributed by atoms with Crippen molar-refractivity contribution in [3.05, 3.63) is 59.2 Å². The Kier molecular flexibility index (Phi) is 5.55. The molecule has 2 heterocycles. The van der Waals surface area contributed by atoms with Crippen molar-refractivity contribution in [2.75, 3.05) is 13.1 Å². The van der Waals surface area contributed by atoms with Gasteiger partial charge in [-0.1, -0.05) is 11.6 Å². The smallest absolute Gasteiger partial charge is 0.241 e. The molecule has 30 heavy (non-hydrogen) atoms. The Morgan fingerprint density at radius 2 is 1.87 bits per heavy atom. The van der Waals surface area contributed by atoms with Crippen LogP contribution in [0.5, 0.6) is 0 Å². The second-order valence-electron chi connectivity index (χ2n) is 7.40. The average molecular weight is 451 g/mol. The van der Waals surface area contributed by atoms with Gasteiger partial charge in [0.05, 0.1) is 4.90 Å². The number of carbonyl (C=O) groups is 1. The third-order valence-corrected chi connectivity index (χ3v) is 7.77. The molecular formula is C21H20ClFN2O4S. The lowest BCUT2D eigenvalue weighted by Gasteiger charge is -2.32. The first-order valence-electron chi connectivity index (χ1n) is 9.60. The minimum absolute atomic E-state index is 0.0456. The molecule has 1 atom stereocenters. The Morgan fingerprint density at radius 1 is 1.20 bits per heavy atom. The van der Waals surface area contributed by atoms with Crippen molar-refractivity contribution in [2.45, 2.75) is 35.8 Å². The van der Waals surface area contributed by atoms with Crippen LogP contribution in [-0.4, -0.2) is 42.5 Å². The predicted octanol–water partition coefficient (Wildman–Crippen LogP) is 4.19. The van der Waals surface area contributed by atoms with Gasteiger partial charge in [0, 0.05) is 24.0 Å². The van der Waals surface area contributed by atoms with Crippen LogP contribution in [0.25, 0.3) is 11.1 Å². The molecule has 1 saturated heterocycles. The van der Waals surface area contributed by atoms with E-state index in [0.717, 1.165) is 12.1 Å². The van der Waals surface area contributed by atoms with Crippen molar-refractivity contribution in [1.82, 2.24) is 9.88 Å². The lowest BCUT2D eigenvalue weighted by molar-refractivity contribution is -0.131. The number of oxazole rings is 1. The highest BCUT2D eigenvalue weighted by Gasteiger charge is 2.35. The highest BCUT2D eigenvalue weighted by molar-refractivity contribution is 7.92. The van der Waals surface area contributed by atoms with Crippen molar-refractivity contribution in [3.8, 4) is 0 Å². The van der Waals surface area contributed by atoms with E-state index in [1.54, 1.807) is 23.1 Å². The fraction of sp³-hybridized carbons (Fsp3) is 0.333. The summed E-state index contributed by atoms with van der Waals surface area (Å²) >= 11 is 5.99. The zero-order chi connectivity index (χ0) is 21.5. The maximum absolute atomic E-state index is 13.1. The average Bonchev–Trinajstić information content (AvgIpc) is 3.16. The molecule has 2 aromatic carbocycles. The minimum atomic E-state index is -3.89. The number of hydrogen-bond acceptors (Lipinski definition) is 5. The highest BCUT2D eigenvalue weighted by atomic mass is 35.5. The quantitative estimate of drug-likeness (QED) is 0.557. The monoisotopic (exact) mass is 450 g/mol. The maximum Gasteiger partial charge on any atom is 0.241 e. The number of halogens is 2. The van der Waals surface area contributed by atoms with Crippen LogP contribution in [0.3, 0.4) is 0 Å². The van der Waals surface area contributed by atoms with E-state index in [-0.39, 0.29) is 10.8 Å². The van der Waals surface area contributed by atoms with Crippen molar-refractivity contribution >= 4 is 38.4 Å². The third kappa shape index (κ3) is 3.94. The molecule has 6 nitrogen and oxygen atoms in total. The number of hydrogen-bond donors (Lipinski definition) is 0. The first-order chi connectivity index (χ1) is 14.3. The van der Waals surface area contributed by atoms with Gasteiger partial charge in [-0.2, -0.15) is 0 Å². The van der Waals surface area contributed by atoms with Crippen molar-refractivity contribution in [1.29, 1.82) is 0 Å². The van der Waals surface area contributed by atoms with Crippen molar-refractivity contribution in [2.24, 2.45) is 0 Å². The van der Waals surface area contributed by atoms with Gasteiger partial charge in [-0.3, -0.25) is 4.79 Å². The summed E-state index contributed by atoms with van der Waals surface area (Å²) in [4.78, 5) is 18.8. The number of fused-ring (bicyclic) bond motifs is 1. The van der Waals surface area contributed by atoms with Crippen LogP contribution < -0.4 is 0 Å². The largest absolute Gasteiger partial charge is 0.440 e. The van der Waals surface area contributed by atoms with Crippen molar-refractivity contribution < 1.29 is 22.0 Å². The summed E-state index contributed by atoms with van der Waals surface area (Å²) in [6.07, 6.45) is 1.24. The lowest BCUT2D eigenvalue weighted by atomic mass is 9.96. The Labute approximate surface area is 178 Å². The standard InChI is InChI=1S/C21H20ClFN2O4S/c1-13(30(27,28)17-5-3-16(23)4-6-17)21(26)25-10-8-14(9-11-25)20-24-18-12-15(22)2-7-19(18)29-20/h2-7,12-14H,8-11H2,1H3. The summed E-state index contributed by atoms with van der Waals surface area (Å²) < 4.78 is 44.4. The number of sulfone groups is 1. The molecule has 0 spiro atoms. The fourth-order valence-electron chi connectivity index (χ4n) is 3.66. The predicted molar refractivity (Wildman–Crippen MR) is 111 cm³/mol. The molecule has 0 saturated carbocycles. The SMILES string of the molecule is CC(C(=O)N1CCC(c2nc3cc(Cl)ccc3o2)CC1)S(=O)(=O)c1ccc(F)cc1. The molecule has 1 aliphatic rings. The zero-order valence-electron chi connectivity index (χ0n) is 16.2. The van der Waals surface area contributed by atoms with Gasteiger partial charge in [-0.05, 0) is 62.2 Å². The lowest BCUT2D eigenvalue weighted by Crippen LogP contribution is -2.45. The van der Waals surface area contributed by atoms with Gasteiger partial charge in [-0.25, -0.2) is 17.8 Å². The zero-order valence-corrected chi connectivity index (χ0v) is 17.8. The normalized spacial score (nSPS) is 16.7. The van der Waals surface area contributed by atoms with Gasteiger partial charge in [0.15, 0.2) is 21.3 Å². The van der Waals surface area contributed by atoms with Gasteiger partial charge >= 0.3 is 0 Å². The number of amides is 1. The summed E-state index contributed by atoms with van der Waals surface area (Å²) in [6.45, 7) is 2.19. The Bertz CT molecular complexity index is 1190. The Hall–Kier alpha value is -2.45. The van der Waals surface area contributed by atoms with E-state index in [4.69, 9.17) is 16.0 Å². The van der Waals surface area contributed by atoms with E-state index in [1.807, 2.05) is 0 Å². The van der Waals surface area contributed by atoms with E-state index >= 15 is 0 Å². The molecule has 158 valence electrons. The number of carbonyl (C=O) groups excluding carboxylic acids is 1. The van der Waals surface area contributed by atoms with Crippen LogP contribution >= 0.6 is 11.6 Å². The maximum atomic E-state index is 13.1. The van der Waals surface area contributed by atoms with E-state index < -0.39 is 26.8 Å². The summed E-state index contributed by atoms with van der Waals surface area (Å²) in [6, 6.07) is 9.76. The molecule has 3 aromatic rings. The number of aromatic nitrogens is 1. The first-order valence-corrected chi connectivity index (χ1v) is 11.5. The summed E-state index contributed by atoms with van der Waals surface area (Å²) in [5.74, 6) is -0.339. The highest BCUT2D eigenvalue weighted by Crippen LogP contribution is 2.31. The van der Waals surface area contributed by atoms with Crippen LogP contribution in [0.4, 0.5) is 4.39 Å². The minimum Gasteiger partial charge on any atom is -0.440 e. The van der Waals surface area contributed by atoms with Gasteiger partial charge in [0.2, 0.25) is 5.91 Å². The molecule has 1 aromatic heterocycles. The topological polar surface area (TPSA) is 80.5 Å². The van der Waals surface area contributed by atoms with E-state index in [2.05, 4.69) is 4.98 Å². The number of nitrogens with zero attached hydrogens (tertiary/aromatic N) is 2. The molecule has 0 aliphatic carbocycles. The second-order valence-corrected chi connectivity index (χ2v) is 10.1. The molecule has 0 N–H and O–H groups in total. The fourth-order valence-corrected chi connectivity index (χ4v) is 5.16. The number of likely N-dealkylation sites (tertiary alicyclic amines) is 1. The molecule has 4 rings (SSSR count). The molecule has 1 aliphatic heterocycles. The van der Waals surface area contributed by atoms with Gasteiger partial charge in [0.25, 0.3) is 0 Å². The second kappa shape index (κ2) is 8.00. The van der Waals surface area contributed by atoms with Crippen LogP contribution in [0.1, 0.15) is 31.6 Å². The van der Waals surface area contributed by atoms with Gasteiger partial charge < -0.3 is 9.32 Å². The Morgan fingerprint density at radius 3 is 2.53 bits per heavy atom. The van der Waals surface area contributed by atoms with Crippen LogP contribution in [0.2, 0.25) is 5.02 Å². The molecule has 0 radical (unpaired) electrons. The van der Waals surface area contributed by atoms with Gasteiger partial charge in [0.1, 0.15) is 16.6 Å². The summed E-state index contributed by atoms with van der Waals surface area (Å²) in [5.41, 5.74) is 1.35. The van der Waals surface area contributed by atoms with Crippen LogP contribution in [0, 0.1) is 5.82 Å². The number of benzene rings is 2. The number of piperidine rings is 1.